The van der Waals surface area contributed by atoms with Crippen LogP contribution < -0.4 is 5.01 Å². The zero-order valence-corrected chi connectivity index (χ0v) is 7.80. The van der Waals surface area contributed by atoms with Gasteiger partial charge in [0, 0.05) is 11.6 Å². The second kappa shape index (κ2) is 2.87. The van der Waals surface area contributed by atoms with Crippen LogP contribution in [0.3, 0.4) is 0 Å². The van der Waals surface area contributed by atoms with Gasteiger partial charge in [-0.25, -0.2) is 0 Å². The van der Waals surface area contributed by atoms with Gasteiger partial charge in [-0.3, -0.25) is 14.7 Å². The van der Waals surface area contributed by atoms with Gasteiger partial charge in [-0.1, -0.05) is 18.2 Å². The van der Waals surface area contributed by atoms with Crippen molar-refractivity contribution in [1.82, 2.24) is 4.68 Å². The number of rotatable bonds is 1. The van der Waals surface area contributed by atoms with Crippen molar-refractivity contribution < 1.29 is 0 Å². The molecule has 0 aliphatic carbocycles. The Bertz CT molecular complexity index is 484. The standard InChI is InChI=1S/C11H11N3/c1-2-4-11-10(3-1)5-7-14(11)13-8-6-12-9-13/h1-5,7,9H,6,8H2. The number of hydrogen-bond acceptors (Lipinski definition) is 2. The minimum Gasteiger partial charge on any atom is -0.272 e. The van der Waals surface area contributed by atoms with Gasteiger partial charge >= 0.3 is 0 Å². The van der Waals surface area contributed by atoms with E-state index in [0.717, 1.165) is 13.1 Å². The molecule has 14 heavy (non-hydrogen) atoms. The molecule has 1 aliphatic rings. The molecule has 0 bridgehead atoms. The summed E-state index contributed by atoms with van der Waals surface area (Å²) in [4.78, 5) is 4.21. The van der Waals surface area contributed by atoms with Crippen LogP contribution in [0, 0.1) is 0 Å². The van der Waals surface area contributed by atoms with Crippen LogP contribution in [0.2, 0.25) is 0 Å². The van der Waals surface area contributed by atoms with Crippen molar-refractivity contribution in [3.8, 4) is 0 Å². The first kappa shape index (κ1) is 7.62. The van der Waals surface area contributed by atoms with Crippen LogP contribution in [-0.2, 0) is 0 Å². The predicted molar refractivity (Wildman–Crippen MR) is 58.4 cm³/mol. The molecule has 0 unspecified atom stereocenters. The molecule has 70 valence electrons. The summed E-state index contributed by atoms with van der Waals surface area (Å²) in [6.45, 7) is 1.87. The number of aliphatic imine (C=N–C) groups is 1. The van der Waals surface area contributed by atoms with E-state index in [0.29, 0.717) is 0 Å². The molecular weight excluding hydrogens is 174 g/mol. The summed E-state index contributed by atoms with van der Waals surface area (Å²) in [7, 11) is 0. The van der Waals surface area contributed by atoms with E-state index < -0.39 is 0 Å². The fourth-order valence-electron chi connectivity index (χ4n) is 1.83. The number of benzene rings is 1. The average molecular weight is 185 g/mol. The SMILES string of the molecule is C1=NCCN1n1ccc2ccccc21. The zero-order chi connectivity index (χ0) is 9.38. The Hall–Kier alpha value is -1.77. The van der Waals surface area contributed by atoms with Crippen LogP contribution in [0.1, 0.15) is 0 Å². The first-order valence-corrected chi connectivity index (χ1v) is 4.78. The predicted octanol–water partition coefficient (Wildman–Crippen LogP) is 1.62. The van der Waals surface area contributed by atoms with E-state index in [9.17, 15) is 0 Å². The van der Waals surface area contributed by atoms with Crippen LogP contribution in [0.4, 0.5) is 0 Å². The zero-order valence-electron chi connectivity index (χ0n) is 7.80. The van der Waals surface area contributed by atoms with Crippen LogP contribution in [0.5, 0.6) is 0 Å². The van der Waals surface area contributed by atoms with Gasteiger partial charge in [-0.05, 0) is 12.1 Å². The lowest BCUT2D eigenvalue weighted by Crippen LogP contribution is -2.30. The van der Waals surface area contributed by atoms with Crippen molar-refractivity contribution in [2.45, 2.75) is 0 Å². The average Bonchev–Trinajstić information content (AvgIpc) is 2.85. The van der Waals surface area contributed by atoms with E-state index >= 15 is 0 Å². The van der Waals surface area contributed by atoms with Gasteiger partial charge in [0.25, 0.3) is 0 Å². The van der Waals surface area contributed by atoms with Crippen molar-refractivity contribution in [2.75, 3.05) is 18.1 Å². The van der Waals surface area contributed by atoms with E-state index in [-0.39, 0.29) is 0 Å². The summed E-state index contributed by atoms with van der Waals surface area (Å²) in [5, 5.41) is 3.40. The highest BCUT2D eigenvalue weighted by Crippen LogP contribution is 2.15. The Morgan fingerprint density at radius 2 is 2.07 bits per heavy atom. The Kier molecular flexibility index (Phi) is 1.56. The lowest BCUT2D eigenvalue weighted by atomic mass is 10.3. The van der Waals surface area contributed by atoms with Crippen molar-refractivity contribution in [3.05, 3.63) is 36.5 Å². The summed E-state index contributed by atoms with van der Waals surface area (Å²) < 4.78 is 2.14. The molecule has 2 aromatic rings. The fourth-order valence-corrected chi connectivity index (χ4v) is 1.83. The molecule has 0 atom stereocenters. The Labute approximate surface area is 82.2 Å². The number of aromatic nitrogens is 1. The third-order valence-corrected chi connectivity index (χ3v) is 2.53. The molecule has 3 rings (SSSR count). The quantitative estimate of drug-likeness (QED) is 0.661. The minimum absolute atomic E-state index is 0.895. The highest BCUT2D eigenvalue weighted by Gasteiger charge is 2.09. The highest BCUT2D eigenvalue weighted by atomic mass is 15.6. The number of nitrogens with zero attached hydrogens (tertiary/aromatic N) is 3. The summed E-state index contributed by atoms with van der Waals surface area (Å²) in [6.07, 6.45) is 3.98. The van der Waals surface area contributed by atoms with Gasteiger partial charge < -0.3 is 0 Å². The number of para-hydroxylation sites is 1. The van der Waals surface area contributed by atoms with Gasteiger partial charge in [-0.2, -0.15) is 0 Å². The van der Waals surface area contributed by atoms with E-state index in [1.54, 1.807) is 0 Å². The Morgan fingerprint density at radius 3 is 2.93 bits per heavy atom. The molecule has 0 spiro atoms. The van der Waals surface area contributed by atoms with Crippen molar-refractivity contribution in [3.63, 3.8) is 0 Å². The summed E-state index contributed by atoms with van der Waals surface area (Å²) >= 11 is 0. The highest BCUT2D eigenvalue weighted by molar-refractivity contribution is 5.83. The van der Waals surface area contributed by atoms with Gasteiger partial charge in [-0.15, -0.1) is 0 Å². The maximum Gasteiger partial charge on any atom is 0.104 e. The van der Waals surface area contributed by atoms with Crippen LogP contribution in [0.25, 0.3) is 10.9 Å². The first-order chi connectivity index (χ1) is 6.95. The van der Waals surface area contributed by atoms with Crippen LogP contribution in [0.15, 0.2) is 41.5 Å². The summed E-state index contributed by atoms with van der Waals surface area (Å²) in [6, 6.07) is 10.5. The molecule has 1 aliphatic heterocycles. The number of fused-ring (bicyclic) bond motifs is 1. The molecule has 0 fully saturated rings. The third-order valence-electron chi connectivity index (χ3n) is 2.53. The van der Waals surface area contributed by atoms with E-state index in [4.69, 9.17) is 0 Å². The van der Waals surface area contributed by atoms with Crippen LogP contribution in [-0.4, -0.2) is 24.1 Å². The molecule has 0 amide bonds. The largest absolute Gasteiger partial charge is 0.272 e. The summed E-state index contributed by atoms with van der Waals surface area (Å²) in [5.74, 6) is 0. The molecule has 3 heteroatoms. The molecule has 0 saturated carbocycles. The van der Waals surface area contributed by atoms with E-state index in [1.807, 2.05) is 6.34 Å². The van der Waals surface area contributed by atoms with Crippen molar-refractivity contribution in [1.29, 1.82) is 0 Å². The normalized spacial score (nSPS) is 15.6. The maximum absolute atomic E-state index is 4.21. The maximum atomic E-state index is 4.21. The fraction of sp³-hybridized carbons (Fsp3) is 0.182. The van der Waals surface area contributed by atoms with Gasteiger partial charge in [0.05, 0.1) is 18.6 Å². The van der Waals surface area contributed by atoms with Gasteiger partial charge in [0.1, 0.15) is 6.34 Å². The molecule has 3 nitrogen and oxygen atoms in total. The van der Waals surface area contributed by atoms with Gasteiger partial charge in [0.2, 0.25) is 0 Å². The van der Waals surface area contributed by atoms with Gasteiger partial charge in [0.15, 0.2) is 0 Å². The van der Waals surface area contributed by atoms with E-state index in [1.165, 1.54) is 10.9 Å². The molecule has 0 N–H and O–H groups in total. The second-order valence-corrected chi connectivity index (χ2v) is 3.40. The topological polar surface area (TPSA) is 20.5 Å². The van der Waals surface area contributed by atoms with Crippen molar-refractivity contribution >= 4 is 17.2 Å². The Morgan fingerprint density at radius 1 is 1.14 bits per heavy atom. The molecule has 1 aromatic heterocycles. The lowest BCUT2D eigenvalue weighted by molar-refractivity contribution is 0.782. The van der Waals surface area contributed by atoms with Crippen LogP contribution >= 0.6 is 0 Å². The second-order valence-electron chi connectivity index (χ2n) is 3.40. The minimum atomic E-state index is 0.895. The molecular formula is C11H11N3. The third kappa shape index (κ3) is 1.02. The molecule has 0 saturated heterocycles. The molecule has 0 radical (unpaired) electrons. The smallest absolute Gasteiger partial charge is 0.104 e. The van der Waals surface area contributed by atoms with E-state index in [2.05, 4.69) is 51.2 Å². The first-order valence-electron chi connectivity index (χ1n) is 4.78. The lowest BCUT2D eigenvalue weighted by Gasteiger charge is -2.16. The monoisotopic (exact) mass is 185 g/mol. The summed E-state index contributed by atoms with van der Waals surface area (Å²) in [5.41, 5.74) is 1.24. The Balaban J connectivity index is 2.16. The molecule has 2 heterocycles. The molecule has 1 aromatic carbocycles. The number of hydrogen-bond donors (Lipinski definition) is 0. The van der Waals surface area contributed by atoms with Crippen molar-refractivity contribution in [2.24, 2.45) is 4.99 Å².